The van der Waals surface area contributed by atoms with E-state index >= 15 is 0 Å². The molecule has 10 aromatic rings. The number of hydrogen-bond acceptors (Lipinski definition) is 37. The molecule has 0 saturated heterocycles. The van der Waals surface area contributed by atoms with Gasteiger partial charge >= 0.3 is 17.9 Å². The Balaban J connectivity index is 0.000000740. The van der Waals surface area contributed by atoms with E-state index in [0.717, 1.165) is 92.7 Å². The zero-order valence-corrected chi connectivity index (χ0v) is 74.8. The van der Waals surface area contributed by atoms with Gasteiger partial charge in [-0.3, -0.25) is 101 Å². The summed E-state index contributed by atoms with van der Waals surface area (Å²) in [4.78, 5) is 132. The number of carbonyl (C=O) groups is 3. The predicted octanol–water partition coefficient (Wildman–Crippen LogP) is 15.7. The van der Waals surface area contributed by atoms with Crippen molar-refractivity contribution in [1.82, 2.24) is 0 Å². The number of nitro groups is 10. The molecule has 0 bridgehead atoms. The first-order chi connectivity index (χ1) is 61.7. The Bertz CT molecular complexity index is 5520. The second kappa shape index (κ2) is 51.4. The van der Waals surface area contributed by atoms with Crippen molar-refractivity contribution < 1.29 is 97.9 Å². The molecule has 0 aliphatic rings. The number of ether oxygens (including phenoxy) is 4. The van der Waals surface area contributed by atoms with E-state index in [4.69, 9.17) is 91.6 Å². The minimum Gasteiger partial charge on any atom is -0.494 e. The van der Waals surface area contributed by atoms with Crippen molar-refractivity contribution in [2.24, 2.45) is 0 Å². The van der Waals surface area contributed by atoms with Gasteiger partial charge in [-0.15, -0.1) is 0 Å². The molecule has 133 heavy (non-hydrogen) atoms. The number of aromatic carboxylic acids is 3. The summed E-state index contributed by atoms with van der Waals surface area (Å²) in [6.07, 6.45) is 1.90. The molecule has 0 amide bonds. The SMILES string of the molecule is CCc1cc([N+](=O)[O-])cc(C(=O)O)c1N.CCc1cc([N+](=O)[O-])cc(CC)c1N.COc1cc([N+](=O)[O-])cc(C(=O)O)c1N.COc1cc([N+](=O)[O-])cc(C)c1N.COc1cc([N+](=O)[O-])cc(OC)c1N.Cc1cc([N+](=O)[O-])cc(C(=O)O)c1N.Cc1cc([N+](=O)[O-])cc(C)c1N.Cc1cc([N+](=O)[O-])cc(C)c1N.Cc1cc([N+](=O)[O-])cc(C)c1N.Cc1cc([N+](=O)[O-])cc(C)c1N. The van der Waals surface area contributed by atoms with Gasteiger partial charge in [-0.05, 0) is 161 Å². The van der Waals surface area contributed by atoms with E-state index in [1.165, 1.54) is 120 Å². The molecular formula is C83H100N20O30. The molecule has 0 saturated carbocycles. The summed E-state index contributed by atoms with van der Waals surface area (Å²) in [6, 6.07) is 26.5. The Hall–Kier alpha value is -18.2. The number of nitrogens with two attached hydrogens (primary N) is 10. The standard InChI is InChI=1S/C10H14N2O2.C9H10N2O4.C8H8N2O5.C8H10N2O4.C8H8N2O4.C8H10N2O3.4C8H10N2O2/c1-3-7-5-9(12(13)14)6-8(4-2)10(7)11;1-2-5-3-6(11(14)15)4-7(8(5)10)9(12)13;1-15-6-3-4(10(13)14)2-5(7(6)9)8(11)12;1-13-6-3-5(10(11)12)4-7(14-2)8(6)9;1-4-2-5(10(13)14)3-6(7(4)9)8(11)12;1-5-3-6(10(11)12)4-7(13-2)8(5)9;4*1-5-3-7(10(11)12)4-6(2)8(5)9/h5-6H,3-4,11H2,1-2H3;3-4H,2,10H2,1H3,(H,12,13);2-3H,9H2,1H3,(H,11,12);3-4H,9H2,1-2H3;2-3H,9H2,1H3,(H,11,12);3-4H,9H2,1-2H3;4*3-4H,9H2,1-2H3. The molecule has 0 atom stereocenters. The van der Waals surface area contributed by atoms with Crippen LogP contribution in [-0.2, 0) is 19.3 Å². The molecule has 50 nitrogen and oxygen atoms in total. The highest BCUT2D eigenvalue weighted by Gasteiger charge is 2.24. The number of nitrogen functional groups attached to an aromatic ring is 10. The zero-order chi connectivity index (χ0) is 103. The number of anilines is 10. The van der Waals surface area contributed by atoms with Gasteiger partial charge in [0.2, 0.25) is 0 Å². The molecule has 10 rings (SSSR count). The number of nitrogens with zero attached hydrogens (tertiary/aromatic N) is 10. The third kappa shape index (κ3) is 32.9. The van der Waals surface area contributed by atoms with Crippen LogP contribution in [0.15, 0.2) is 121 Å². The van der Waals surface area contributed by atoms with Crippen molar-refractivity contribution in [3.8, 4) is 23.0 Å². The molecule has 0 spiro atoms. The number of aryl methyl sites for hydroxylation is 13. The highest BCUT2D eigenvalue weighted by molar-refractivity contribution is 5.97. The van der Waals surface area contributed by atoms with Gasteiger partial charge in [-0.25, -0.2) is 14.4 Å². The number of benzene rings is 10. The highest BCUT2D eigenvalue weighted by Crippen LogP contribution is 2.38. The molecule has 0 fully saturated rings. The first-order valence-corrected chi connectivity index (χ1v) is 38.0. The van der Waals surface area contributed by atoms with Crippen LogP contribution in [0.1, 0.15) is 124 Å². The molecule has 712 valence electrons. The van der Waals surface area contributed by atoms with Crippen LogP contribution in [0, 0.1) is 170 Å². The lowest BCUT2D eigenvalue weighted by Gasteiger charge is -2.08. The predicted molar refractivity (Wildman–Crippen MR) is 498 cm³/mol. The van der Waals surface area contributed by atoms with Gasteiger partial charge in [-0.1, -0.05) is 20.8 Å². The molecule has 0 unspecified atom stereocenters. The van der Waals surface area contributed by atoms with Crippen molar-refractivity contribution >= 4 is 132 Å². The van der Waals surface area contributed by atoms with E-state index in [-0.39, 0.29) is 118 Å². The smallest absolute Gasteiger partial charge is 0.338 e. The third-order valence-electron chi connectivity index (χ3n) is 18.6. The molecule has 0 aliphatic carbocycles. The van der Waals surface area contributed by atoms with Crippen LogP contribution >= 0.6 is 0 Å². The molecular weight excluding hydrogens is 1760 g/mol. The fourth-order valence-electron chi connectivity index (χ4n) is 11.1. The van der Waals surface area contributed by atoms with E-state index in [0.29, 0.717) is 63.0 Å². The number of rotatable bonds is 20. The van der Waals surface area contributed by atoms with Gasteiger partial charge in [0.25, 0.3) is 56.9 Å². The average Bonchev–Trinajstić information content (AvgIpc) is 0.818. The van der Waals surface area contributed by atoms with Crippen LogP contribution in [0.5, 0.6) is 23.0 Å². The minimum absolute atomic E-state index is 0.0106. The van der Waals surface area contributed by atoms with Gasteiger partial charge in [0.05, 0.1) is 130 Å². The highest BCUT2D eigenvalue weighted by atomic mass is 16.7. The lowest BCUT2D eigenvalue weighted by Crippen LogP contribution is -2.06. The summed E-state index contributed by atoms with van der Waals surface area (Å²) >= 11 is 0. The molecule has 0 radical (unpaired) electrons. The van der Waals surface area contributed by atoms with Crippen LogP contribution in [-0.4, -0.2) is 111 Å². The third-order valence-corrected chi connectivity index (χ3v) is 18.6. The molecule has 50 heteroatoms. The largest absolute Gasteiger partial charge is 0.494 e. The number of hydrogen-bond donors (Lipinski definition) is 13. The van der Waals surface area contributed by atoms with Crippen molar-refractivity contribution in [3.05, 3.63) is 311 Å². The average molecular weight is 1860 g/mol. The fraction of sp³-hybridized carbons (Fsp3) is 0.241. The maximum Gasteiger partial charge on any atom is 0.338 e. The molecule has 0 heterocycles. The topological polar surface area (TPSA) is 840 Å². The maximum atomic E-state index is 10.8. The molecule has 23 N–H and O–H groups in total. The van der Waals surface area contributed by atoms with Crippen LogP contribution in [0.4, 0.5) is 114 Å². The summed E-state index contributed by atoms with van der Waals surface area (Å²) < 4.78 is 19.4. The van der Waals surface area contributed by atoms with Crippen LogP contribution in [0.2, 0.25) is 0 Å². The van der Waals surface area contributed by atoms with E-state index in [2.05, 4.69) is 0 Å². The van der Waals surface area contributed by atoms with Gasteiger partial charge < -0.3 is 91.6 Å². The summed E-state index contributed by atoms with van der Waals surface area (Å²) in [7, 11) is 5.44. The maximum absolute atomic E-state index is 10.8. The second-order valence-electron chi connectivity index (χ2n) is 27.7. The van der Waals surface area contributed by atoms with Crippen LogP contribution in [0.3, 0.4) is 0 Å². The monoisotopic (exact) mass is 1860 g/mol. The van der Waals surface area contributed by atoms with Crippen molar-refractivity contribution in [3.63, 3.8) is 0 Å². The number of non-ortho nitro benzene ring substituents is 10. The van der Waals surface area contributed by atoms with Gasteiger partial charge in [-0.2, -0.15) is 0 Å². The Morgan fingerprint density at radius 1 is 0.226 bits per heavy atom. The van der Waals surface area contributed by atoms with E-state index in [1.807, 2.05) is 13.8 Å². The Kier molecular flexibility index (Phi) is 43.6. The number of nitro benzene ring substituents is 10. The van der Waals surface area contributed by atoms with Crippen molar-refractivity contribution in [2.75, 3.05) is 85.8 Å². The number of carboxylic acid groups (broad SMARTS) is 3. The molecule has 0 aliphatic heterocycles. The summed E-state index contributed by atoms with van der Waals surface area (Å²) in [6.45, 7) is 22.9. The van der Waals surface area contributed by atoms with Crippen molar-refractivity contribution in [2.45, 2.75) is 109 Å². The zero-order valence-electron chi connectivity index (χ0n) is 74.8. The van der Waals surface area contributed by atoms with Gasteiger partial charge in [0.1, 0.15) is 17.2 Å². The summed E-state index contributed by atoms with van der Waals surface area (Å²) in [5, 5.41) is 131. The summed E-state index contributed by atoms with van der Waals surface area (Å²) in [5.41, 5.74) is 67.9. The fourth-order valence-corrected chi connectivity index (χ4v) is 11.1. The van der Waals surface area contributed by atoms with Crippen LogP contribution < -0.4 is 76.3 Å². The van der Waals surface area contributed by atoms with Crippen LogP contribution in [0.25, 0.3) is 0 Å². The number of carboxylic acids is 3. The van der Waals surface area contributed by atoms with Crippen molar-refractivity contribution in [1.29, 1.82) is 0 Å². The van der Waals surface area contributed by atoms with E-state index in [9.17, 15) is 116 Å². The first-order valence-electron chi connectivity index (χ1n) is 38.0. The Morgan fingerprint density at radius 3 is 0.594 bits per heavy atom. The van der Waals surface area contributed by atoms with Gasteiger partial charge in [0, 0.05) is 137 Å². The lowest BCUT2D eigenvalue weighted by molar-refractivity contribution is -0.385. The quantitative estimate of drug-likeness (QED) is 0.0191. The number of methoxy groups -OCH3 is 4. The normalized spacial score (nSPS) is 9.81. The molecule has 0 aromatic heterocycles. The van der Waals surface area contributed by atoms with Gasteiger partial charge in [0.15, 0.2) is 11.5 Å². The Labute approximate surface area is 756 Å². The Morgan fingerprint density at radius 2 is 0.376 bits per heavy atom. The molecule has 10 aromatic carbocycles. The first kappa shape index (κ1) is 113. The van der Waals surface area contributed by atoms with E-state index < -0.39 is 62.2 Å². The summed E-state index contributed by atoms with van der Waals surface area (Å²) in [5.74, 6) is -3.09. The second-order valence-corrected chi connectivity index (χ2v) is 27.7. The minimum atomic E-state index is -1.34. The van der Waals surface area contributed by atoms with E-state index in [1.54, 1.807) is 81.4 Å². The lowest BCUT2D eigenvalue weighted by atomic mass is 10.0.